The monoisotopic (exact) mass is 287 g/mol. The molecular formula is C16H12ClO3-. The van der Waals surface area contributed by atoms with Crippen LogP contribution in [-0.2, 0) is 11.4 Å². The summed E-state index contributed by atoms with van der Waals surface area (Å²) in [4.78, 5) is 10.4. The van der Waals surface area contributed by atoms with Gasteiger partial charge >= 0.3 is 0 Å². The fourth-order valence-corrected chi connectivity index (χ4v) is 1.78. The van der Waals surface area contributed by atoms with Crippen molar-refractivity contribution in [3.8, 4) is 5.75 Å². The van der Waals surface area contributed by atoms with E-state index in [0.29, 0.717) is 22.9 Å². The molecule has 102 valence electrons. The zero-order chi connectivity index (χ0) is 14.4. The first-order valence-corrected chi connectivity index (χ1v) is 6.38. The van der Waals surface area contributed by atoms with Gasteiger partial charge < -0.3 is 14.6 Å². The van der Waals surface area contributed by atoms with Crippen LogP contribution in [0, 0.1) is 0 Å². The van der Waals surface area contributed by atoms with Crippen LogP contribution in [0.2, 0.25) is 5.02 Å². The molecule has 3 nitrogen and oxygen atoms in total. The van der Waals surface area contributed by atoms with Gasteiger partial charge in [-0.3, -0.25) is 0 Å². The average Bonchev–Trinajstić information content (AvgIpc) is 2.45. The summed E-state index contributed by atoms with van der Waals surface area (Å²) in [6, 6.07) is 14.5. The second-order valence-electron chi connectivity index (χ2n) is 4.11. The second-order valence-corrected chi connectivity index (χ2v) is 4.54. The van der Waals surface area contributed by atoms with Crippen LogP contribution in [0.4, 0.5) is 0 Å². The number of hydrogen-bond acceptors (Lipinski definition) is 3. The van der Waals surface area contributed by atoms with E-state index in [1.807, 2.05) is 24.3 Å². The van der Waals surface area contributed by atoms with Crippen molar-refractivity contribution in [3.05, 3.63) is 70.8 Å². The van der Waals surface area contributed by atoms with Gasteiger partial charge in [-0.25, -0.2) is 0 Å². The van der Waals surface area contributed by atoms with E-state index < -0.39 is 5.97 Å². The number of carbonyl (C=O) groups is 1. The molecule has 0 atom stereocenters. The maximum atomic E-state index is 10.4. The number of benzene rings is 2. The Balaban J connectivity index is 2.09. The predicted octanol–water partition coefficient (Wildman–Crippen LogP) is 2.68. The molecule has 0 saturated carbocycles. The van der Waals surface area contributed by atoms with Crippen LogP contribution in [0.1, 0.15) is 11.1 Å². The number of ether oxygens (including phenoxy) is 1. The Hall–Kier alpha value is -2.26. The number of hydrogen-bond donors (Lipinski definition) is 0. The molecule has 4 heteroatoms. The largest absolute Gasteiger partial charge is 0.545 e. The Labute approximate surface area is 122 Å². The number of carboxylic acid groups (broad SMARTS) is 1. The van der Waals surface area contributed by atoms with Gasteiger partial charge in [-0.05, 0) is 35.9 Å². The second kappa shape index (κ2) is 6.78. The minimum absolute atomic E-state index is 0.382. The summed E-state index contributed by atoms with van der Waals surface area (Å²) in [6.07, 6.45) is 2.43. The van der Waals surface area contributed by atoms with Crippen LogP contribution in [0.3, 0.4) is 0 Å². The van der Waals surface area contributed by atoms with Gasteiger partial charge in [-0.15, -0.1) is 0 Å². The summed E-state index contributed by atoms with van der Waals surface area (Å²) in [5.74, 6) is -0.627. The zero-order valence-electron chi connectivity index (χ0n) is 10.6. The van der Waals surface area contributed by atoms with Crippen LogP contribution < -0.4 is 9.84 Å². The Morgan fingerprint density at radius 2 is 1.85 bits per heavy atom. The highest BCUT2D eigenvalue weighted by Crippen LogP contribution is 2.21. The third-order valence-corrected chi connectivity index (χ3v) is 2.88. The van der Waals surface area contributed by atoms with Crippen molar-refractivity contribution >= 4 is 23.6 Å². The molecular weight excluding hydrogens is 276 g/mol. The zero-order valence-corrected chi connectivity index (χ0v) is 11.3. The van der Waals surface area contributed by atoms with E-state index in [1.165, 1.54) is 6.08 Å². The highest BCUT2D eigenvalue weighted by atomic mass is 35.5. The van der Waals surface area contributed by atoms with Crippen LogP contribution in [0.25, 0.3) is 6.08 Å². The predicted molar refractivity (Wildman–Crippen MR) is 76.3 cm³/mol. The fourth-order valence-electron chi connectivity index (χ4n) is 1.65. The topological polar surface area (TPSA) is 49.4 Å². The highest BCUT2D eigenvalue weighted by Gasteiger charge is 2.00. The lowest BCUT2D eigenvalue weighted by atomic mass is 10.2. The van der Waals surface area contributed by atoms with E-state index in [4.69, 9.17) is 16.3 Å². The minimum Gasteiger partial charge on any atom is -0.545 e. The van der Waals surface area contributed by atoms with Gasteiger partial charge in [0.1, 0.15) is 12.4 Å². The van der Waals surface area contributed by atoms with Crippen LogP contribution in [0.15, 0.2) is 54.6 Å². The summed E-state index contributed by atoms with van der Waals surface area (Å²) < 4.78 is 5.69. The Bertz CT molecular complexity index is 618. The lowest BCUT2D eigenvalue weighted by Crippen LogP contribution is -2.18. The molecule has 0 aliphatic carbocycles. The maximum Gasteiger partial charge on any atom is 0.127 e. The fraction of sp³-hybridized carbons (Fsp3) is 0.0625. The van der Waals surface area contributed by atoms with Gasteiger partial charge in [-0.2, -0.15) is 0 Å². The molecule has 0 saturated heterocycles. The van der Waals surface area contributed by atoms with Crippen molar-refractivity contribution in [1.29, 1.82) is 0 Å². The van der Waals surface area contributed by atoms with Crippen molar-refractivity contribution in [2.45, 2.75) is 6.61 Å². The van der Waals surface area contributed by atoms with E-state index in [2.05, 4.69) is 0 Å². The third kappa shape index (κ3) is 4.14. The molecule has 0 spiro atoms. The summed E-state index contributed by atoms with van der Waals surface area (Å²) in [6.45, 7) is 0.382. The Kier molecular flexibility index (Phi) is 4.80. The number of para-hydroxylation sites is 1. The molecule has 0 unspecified atom stereocenters. The lowest BCUT2D eigenvalue weighted by Gasteiger charge is -2.09. The standard InChI is InChI=1S/C16H13ClO3/c17-14-8-5-12(6-9-14)11-20-15-4-2-1-3-13(15)7-10-16(18)19/h1-10H,11H2,(H,18,19)/p-1/b10-7+. The molecule has 0 aromatic heterocycles. The van der Waals surface area contributed by atoms with Crippen molar-refractivity contribution in [1.82, 2.24) is 0 Å². The molecule has 0 aliphatic heterocycles. The van der Waals surface area contributed by atoms with E-state index in [-0.39, 0.29) is 0 Å². The summed E-state index contributed by atoms with van der Waals surface area (Å²) in [7, 11) is 0. The molecule has 0 N–H and O–H groups in total. The van der Waals surface area contributed by atoms with Crippen LogP contribution in [0.5, 0.6) is 5.75 Å². The van der Waals surface area contributed by atoms with Gasteiger partial charge in [0.25, 0.3) is 0 Å². The Morgan fingerprint density at radius 3 is 2.55 bits per heavy atom. The molecule has 2 aromatic carbocycles. The van der Waals surface area contributed by atoms with E-state index in [9.17, 15) is 9.90 Å². The molecule has 2 aromatic rings. The quantitative estimate of drug-likeness (QED) is 0.795. The van der Waals surface area contributed by atoms with Crippen molar-refractivity contribution < 1.29 is 14.6 Å². The van der Waals surface area contributed by atoms with Gasteiger partial charge in [0.05, 0.1) is 5.97 Å². The minimum atomic E-state index is -1.24. The number of carboxylic acids is 1. The molecule has 0 heterocycles. The highest BCUT2D eigenvalue weighted by molar-refractivity contribution is 6.30. The number of halogens is 1. The molecule has 2 rings (SSSR count). The maximum absolute atomic E-state index is 10.4. The van der Waals surface area contributed by atoms with E-state index >= 15 is 0 Å². The van der Waals surface area contributed by atoms with Gasteiger partial charge in [0, 0.05) is 10.6 Å². The molecule has 0 bridgehead atoms. The van der Waals surface area contributed by atoms with Gasteiger partial charge in [0.2, 0.25) is 0 Å². The van der Waals surface area contributed by atoms with Crippen molar-refractivity contribution in [3.63, 3.8) is 0 Å². The first-order chi connectivity index (χ1) is 9.65. The first-order valence-electron chi connectivity index (χ1n) is 6.00. The van der Waals surface area contributed by atoms with Gasteiger partial charge in [0.15, 0.2) is 0 Å². The summed E-state index contributed by atoms with van der Waals surface area (Å²) in [5, 5.41) is 11.1. The molecule has 0 amide bonds. The van der Waals surface area contributed by atoms with Crippen molar-refractivity contribution in [2.24, 2.45) is 0 Å². The number of carbonyl (C=O) groups excluding carboxylic acids is 1. The molecule has 20 heavy (non-hydrogen) atoms. The summed E-state index contributed by atoms with van der Waals surface area (Å²) in [5.41, 5.74) is 1.67. The molecule has 0 fully saturated rings. The molecule has 0 aliphatic rings. The third-order valence-electron chi connectivity index (χ3n) is 2.63. The smallest absolute Gasteiger partial charge is 0.127 e. The van der Waals surface area contributed by atoms with Crippen LogP contribution in [-0.4, -0.2) is 5.97 Å². The SMILES string of the molecule is O=C([O-])/C=C/c1ccccc1OCc1ccc(Cl)cc1. The average molecular weight is 288 g/mol. The van der Waals surface area contributed by atoms with E-state index in [0.717, 1.165) is 11.6 Å². The Morgan fingerprint density at radius 1 is 1.15 bits per heavy atom. The lowest BCUT2D eigenvalue weighted by molar-refractivity contribution is -0.297. The number of rotatable bonds is 5. The van der Waals surface area contributed by atoms with Crippen LogP contribution >= 0.6 is 11.6 Å². The van der Waals surface area contributed by atoms with Crippen molar-refractivity contribution in [2.75, 3.05) is 0 Å². The van der Waals surface area contributed by atoms with Gasteiger partial charge in [-0.1, -0.05) is 41.9 Å². The number of aliphatic carboxylic acids is 1. The van der Waals surface area contributed by atoms with E-state index in [1.54, 1.807) is 24.3 Å². The summed E-state index contributed by atoms with van der Waals surface area (Å²) >= 11 is 5.81. The first kappa shape index (κ1) is 14.2. The normalized spacial score (nSPS) is 10.7. The molecule has 0 radical (unpaired) electrons.